The lowest BCUT2D eigenvalue weighted by Gasteiger charge is -2.30. The van der Waals surface area contributed by atoms with Gasteiger partial charge in [0.05, 0.1) is 5.60 Å². The van der Waals surface area contributed by atoms with E-state index in [9.17, 15) is 18.3 Å². The first-order chi connectivity index (χ1) is 8.13. The van der Waals surface area contributed by atoms with E-state index in [0.717, 1.165) is 12.3 Å². The number of hydrogen-bond donors (Lipinski definition) is 1. The van der Waals surface area contributed by atoms with Gasteiger partial charge in [-0.3, -0.25) is 4.98 Å². The highest BCUT2D eigenvalue weighted by atomic mass is 19.4. The Morgan fingerprint density at radius 3 is 2.39 bits per heavy atom. The van der Waals surface area contributed by atoms with Crippen LogP contribution in [0.15, 0.2) is 18.3 Å². The van der Waals surface area contributed by atoms with Crippen molar-refractivity contribution in [2.45, 2.75) is 32.5 Å². The third-order valence-corrected chi connectivity index (χ3v) is 2.36. The van der Waals surface area contributed by atoms with Crippen LogP contribution in [0.4, 0.5) is 18.9 Å². The number of hydrogen-bond acceptors (Lipinski definition) is 3. The van der Waals surface area contributed by atoms with E-state index in [0.29, 0.717) is 12.2 Å². The number of rotatable bonds is 4. The molecule has 102 valence electrons. The zero-order valence-corrected chi connectivity index (χ0v) is 10.6. The second-order valence-corrected chi connectivity index (χ2v) is 4.72. The van der Waals surface area contributed by atoms with Crippen molar-refractivity contribution in [3.63, 3.8) is 0 Å². The number of aromatic nitrogens is 1. The van der Waals surface area contributed by atoms with E-state index in [2.05, 4.69) is 4.98 Å². The van der Waals surface area contributed by atoms with Gasteiger partial charge in [-0.05, 0) is 32.9 Å². The standard InChI is InChI=1S/C12H17F3N2O/c1-4-17(8-11(2,3)18)9-5-6-16-10(7-9)12(13,14)15/h5-7,18H,4,8H2,1-3H3. The molecule has 0 aliphatic carbocycles. The molecule has 0 aliphatic heterocycles. The van der Waals surface area contributed by atoms with Crippen molar-refractivity contribution in [1.82, 2.24) is 4.98 Å². The normalized spacial score (nSPS) is 12.6. The van der Waals surface area contributed by atoms with Crippen molar-refractivity contribution in [2.75, 3.05) is 18.0 Å². The van der Waals surface area contributed by atoms with Crippen LogP contribution in [-0.4, -0.2) is 28.8 Å². The van der Waals surface area contributed by atoms with Gasteiger partial charge in [-0.2, -0.15) is 13.2 Å². The van der Waals surface area contributed by atoms with Gasteiger partial charge in [-0.1, -0.05) is 0 Å². The molecule has 1 rings (SSSR count). The van der Waals surface area contributed by atoms with Crippen molar-refractivity contribution in [3.8, 4) is 0 Å². The van der Waals surface area contributed by atoms with E-state index in [1.165, 1.54) is 6.07 Å². The number of halogens is 3. The molecule has 0 radical (unpaired) electrons. The van der Waals surface area contributed by atoms with Crippen molar-refractivity contribution < 1.29 is 18.3 Å². The fourth-order valence-electron chi connectivity index (χ4n) is 1.62. The summed E-state index contributed by atoms with van der Waals surface area (Å²) < 4.78 is 37.6. The molecule has 0 fully saturated rings. The minimum absolute atomic E-state index is 0.255. The Bertz CT molecular complexity index is 399. The van der Waals surface area contributed by atoms with Gasteiger partial charge in [0.2, 0.25) is 0 Å². The van der Waals surface area contributed by atoms with Crippen LogP contribution in [0.1, 0.15) is 26.5 Å². The molecule has 6 heteroatoms. The van der Waals surface area contributed by atoms with Crippen molar-refractivity contribution in [1.29, 1.82) is 0 Å². The number of aliphatic hydroxyl groups is 1. The molecule has 0 spiro atoms. The minimum Gasteiger partial charge on any atom is -0.389 e. The highest BCUT2D eigenvalue weighted by Gasteiger charge is 2.33. The van der Waals surface area contributed by atoms with Gasteiger partial charge in [0, 0.05) is 25.0 Å². The third kappa shape index (κ3) is 4.18. The molecule has 18 heavy (non-hydrogen) atoms. The molecule has 0 atom stereocenters. The fraction of sp³-hybridized carbons (Fsp3) is 0.583. The Morgan fingerprint density at radius 1 is 1.33 bits per heavy atom. The van der Waals surface area contributed by atoms with Crippen LogP contribution in [0.3, 0.4) is 0 Å². The topological polar surface area (TPSA) is 36.4 Å². The molecule has 0 aliphatic rings. The quantitative estimate of drug-likeness (QED) is 0.906. The summed E-state index contributed by atoms with van der Waals surface area (Å²) in [5.41, 5.74) is -1.49. The maximum absolute atomic E-state index is 12.5. The molecule has 1 heterocycles. The van der Waals surface area contributed by atoms with Gasteiger partial charge in [-0.15, -0.1) is 0 Å². The maximum atomic E-state index is 12.5. The number of pyridine rings is 1. The van der Waals surface area contributed by atoms with E-state index < -0.39 is 17.5 Å². The van der Waals surface area contributed by atoms with Gasteiger partial charge >= 0.3 is 6.18 Å². The summed E-state index contributed by atoms with van der Waals surface area (Å²) in [6.07, 6.45) is -3.32. The lowest BCUT2D eigenvalue weighted by molar-refractivity contribution is -0.141. The largest absolute Gasteiger partial charge is 0.433 e. The third-order valence-electron chi connectivity index (χ3n) is 2.36. The van der Waals surface area contributed by atoms with E-state index in [1.54, 1.807) is 18.7 Å². The molecule has 1 N–H and O–H groups in total. The average molecular weight is 262 g/mol. The molecule has 0 amide bonds. The Labute approximate surface area is 104 Å². The molecule has 0 aromatic carbocycles. The summed E-state index contributed by atoms with van der Waals surface area (Å²) in [5.74, 6) is 0. The van der Waals surface area contributed by atoms with Crippen LogP contribution in [0, 0.1) is 0 Å². The van der Waals surface area contributed by atoms with Gasteiger partial charge < -0.3 is 10.0 Å². The smallest absolute Gasteiger partial charge is 0.389 e. The molecule has 1 aromatic rings. The van der Waals surface area contributed by atoms with Crippen LogP contribution in [0.25, 0.3) is 0 Å². The summed E-state index contributed by atoms with van der Waals surface area (Å²) in [7, 11) is 0. The summed E-state index contributed by atoms with van der Waals surface area (Å²) in [6, 6.07) is 2.50. The highest BCUT2D eigenvalue weighted by molar-refractivity contribution is 5.47. The molecule has 1 aromatic heterocycles. The fourth-order valence-corrected chi connectivity index (χ4v) is 1.62. The summed E-state index contributed by atoms with van der Waals surface area (Å²) >= 11 is 0. The zero-order valence-electron chi connectivity index (χ0n) is 10.6. The monoisotopic (exact) mass is 262 g/mol. The predicted octanol–water partition coefficient (Wildman–Crippen LogP) is 2.70. The molecule has 0 saturated carbocycles. The Morgan fingerprint density at radius 2 is 1.94 bits per heavy atom. The van der Waals surface area contributed by atoms with E-state index >= 15 is 0 Å². The van der Waals surface area contributed by atoms with Crippen molar-refractivity contribution in [2.24, 2.45) is 0 Å². The Balaban J connectivity index is 3.00. The molecule has 0 saturated heterocycles. The number of anilines is 1. The van der Waals surface area contributed by atoms with Gasteiger partial charge in [0.25, 0.3) is 0 Å². The summed E-state index contributed by atoms with van der Waals surface area (Å²) in [6.45, 7) is 5.80. The maximum Gasteiger partial charge on any atom is 0.433 e. The molecule has 0 bridgehead atoms. The number of likely N-dealkylation sites (N-methyl/N-ethyl adjacent to an activating group) is 1. The van der Waals surface area contributed by atoms with Crippen molar-refractivity contribution >= 4 is 5.69 Å². The lowest BCUT2D eigenvalue weighted by atomic mass is 10.1. The second-order valence-electron chi connectivity index (χ2n) is 4.72. The van der Waals surface area contributed by atoms with Crippen LogP contribution in [0.2, 0.25) is 0 Å². The zero-order chi connectivity index (χ0) is 14.0. The van der Waals surface area contributed by atoms with E-state index in [-0.39, 0.29) is 6.54 Å². The predicted molar refractivity (Wildman–Crippen MR) is 63.4 cm³/mol. The Hall–Kier alpha value is -1.30. The van der Waals surface area contributed by atoms with Crippen LogP contribution < -0.4 is 4.90 Å². The molecular formula is C12H17F3N2O. The minimum atomic E-state index is -4.45. The second kappa shape index (κ2) is 5.14. The SMILES string of the molecule is CCN(CC(C)(C)O)c1ccnc(C(F)(F)F)c1. The number of alkyl halides is 3. The van der Waals surface area contributed by atoms with Crippen LogP contribution >= 0.6 is 0 Å². The van der Waals surface area contributed by atoms with Crippen LogP contribution in [-0.2, 0) is 6.18 Å². The first-order valence-electron chi connectivity index (χ1n) is 5.64. The average Bonchev–Trinajstić information content (AvgIpc) is 2.23. The van der Waals surface area contributed by atoms with Gasteiger partial charge in [0.1, 0.15) is 5.69 Å². The van der Waals surface area contributed by atoms with Gasteiger partial charge in [-0.25, -0.2) is 0 Å². The summed E-state index contributed by atoms with van der Waals surface area (Å²) in [5, 5.41) is 9.73. The lowest BCUT2D eigenvalue weighted by Crippen LogP contribution is -2.38. The summed E-state index contributed by atoms with van der Waals surface area (Å²) in [4.78, 5) is 4.99. The molecule has 0 unspecified atom stereocenters. The molecule has 3 nitrogen and oxygen atoms in total. The highest BCUT2D eigenvalue weighted by Crippen LogP contribution is 2.30. The van der Waals surface area contributed by atoms with Crippen molar-refractivity contribution in [3.05, 3.63) is 24.0 Å². The number of nitrogens with zero attached hydrogens (tertiary/aromatic N) is 2. The van der Waals surface area contributed by atoms with E-state index in [4.69, 9.17) is 0 Å². The van der Waals surface area contributed by atoms with E-state index in [1.807, 2.05) is 6.92 Å². The van der Waals surface area contributed by atoms with Crippen LogP contribution in [0.5, 0.6) is 0 Å². The first kappa shape index (κ1) is 14.8. The van der Waals surface area contributed by atoms with Gasteiger partial charge in [0.15, 0.2) is 0 Å². The molecular weight excluding hydrogens is 245 g/mol. The first-order valence-corrected chi connectivity index (χ1v) is 5.64. The Kier molecular flexibility index (Phi) is 4.21.